The number of carbonyl (C=O) groups is 1. The molecule has 0 N–H and O–H groups in total. The van der Waals surface area contributed by atoms with Gasteiger partial charge in [-0.05, 0) is 31.6 Å². The lowest BCUT2D eigenvalue weighted by atomic mass is 10.1. The van der Waals surface area contributed by atoms with E-state index >= 15 is 0 Å². The number of halogens is 2. The Morgan fingerprint density at radius 2 is 1.93 bits per heavy atom. The van der Waals surface area contributed by atoms with Gasteiger partial charge in [-0.2, -0.15) is 0 Å². The Morgan fingerprint density at radius 3 is 2.50 bits per heavy atom. The summed E-state index contributed by atoms with van der Waals surface area (Å²) in [5.41, 5.74) is 0.339. The molecule has 1 rings (SSSR count). The van der Waals surface area contributed by atoms with Crippen molar-refractivity contribution in [3.8, 4) is 0 Å². The topological polar surface area (TPSA) is 17.1 Å². The number of ketones is 1. The molecule has 0 aliphatic rings. The van der Waals surface area contributed by atoms with Crippen LogP contribution in [0.15, 0.2) is 18.2 Å². The molecule has 0 aromatic heterocycles. The fourth-order valence-electron chi connectivity index (χ4n) is 0.997. The smallest absolute Gasteiger partial charge is 0.166 e. The third-order valence-corrected chi connectivity index (χ3v) is 1.80. The van der Waals surface area contributed by atoms with E-state index in [0.29, 0.717) is 0 Å². The van der Waals surface area contributed by atoms with Crippen molar-refractivity contribution in [1.82, 2.24) is 0 Å². The van der Waals surface area contributed by atoms with Crippen molar-refractivity contribution in [3.63, 3.8) is 0 Å². The minimum absolute atomic E-state index is 0.0864. The van der Waals surface area contributed by atoms with E-state index in [1.54, 1.807) is 0 Å². The van der Waals surface area contributed by atoms with Gasteiger partial charge in [0, 0.05) is 5.56 Å². The van der Waals surface area contributed by atoms with Gasteiger partial charge >= 0.3 is 0 Å². The van der Waals surface area contributed by atoms with Crippen LogP contribution in [-0.4, -0.2) is 5.78 Å². The molecule has 0 aliphatic carbocycles. The van der Waals surface area contributed by atoms with Gasteiger partial charge in [0.05, 0.1) is 0 Å². The number of aryl methyl sites for hydroxylation is 1. The molecule has 0 unspecified atom stereocenters. The van der Waals surface area contributed by atoms with Crippen LogP contribution in [-0.2, 0) is 4.79 Å². The summed E-state index contributed by atoms with van der Waals surface area (Å²) in [7, 11) is 0. The van der Waals surface area contributed by atoms with Crippen LogP contribution in [0.1, 0.15) is 18.1 Å². The Morgan fingerprint density at radius 1 is 1.29 bits per heavy atom. The van der Waals surface area contributed by atoms with Crippen LogP contribution >= 0.6 is 0 Å². The lowest BCUT2D eigenvalue weighted by Gasteiger charge is -2.00. The minimum atomic E-state index is -0.914. The van der Waals surface area contributed by atoms with E-state index in [9.17, 15) is 13.6 Å². The number of benzene rings is 1. The van der Waals surface area contributed by atoms with Crippen molar-refractivity contribution in [2.75, 3.05) is 0 Å². The first-order chi connectivity index (χ1) is 6.52. The van der Waals surface area contributed by atoms with Crippen LogP contribution < -0.4 is 0 Å². The average Bonchev–Trinajstić information content (AvgIpc) is 2.13. The van der Waals surface area contributed by atoms with Gasteiger partial charge < -0.3 is 0 Å². The molecule has 0 aliphatic heterocycles. The first kappa shape index (κ1) is 10.6. The maximum Gasteiger partial charge on any atom is 0.166 e. The zero-order valence-corrected chi connectivity index (χ0v) is 7.97. The average molecular weight is 196 g/mol. The molecule has 0 saturated carbocycles. The molecule has 1 nitrogen and oxygen atoms in total. The monoisotopic (exact) mass is 196 g/mol. The van der Waals surface area contributed by atoms with Crippen molar-refractivity contribution < 1.29 is 13.6 Å². The lowest BCUT2D eigenvalue weighted by Crippen LogP contribution is -1.92. The molecule has 0 atom stereocenters. The molecule has 0 saturated heterocycles. The zero-order chi connectivity index (χ0) is 10.7. The van der Waals surface area contributed by atoms with Crippen LogP contribution in [0.4, 0.5) is 8.78 Å². The highest BCUT2D eigenvalue weighted by molar-refractivity contribution is 5.91. The Hall–Kier alpha value is -1.51. The molecule has 74 valence electrons. The zero-order valence-electron chi connectivity index (χ0n) is 7.97. The van der Waals surface area contributed by atoms with Crippen molar-refractivity contribution in [2.24, 2.45) is 0 Å². The summed E-state index contributed by atoms with van der Waals surface area (Å²) < 4.78 is 26.2. The number of hydrogen-bond donors (Lipinski definition) is 0. The molecule has 1 aromatic carbocycles. The van der Waals surface area contributed by atoms with Crippen LogP contribution in [0.2, 0.25) is 0 Å². The highest BCUT2D eigenvalue weighted by Gasteiger charge is 2.08. The minimum Gasteiger partial charge on any atom is -0.295 e. The predicted molar refractivity (Wildman–Crippen MR) is 50.8 cm³/mol. The molecule has 0 spiro atoms. The molecule has 0 radical (unpaired) electrons. The molecule has 0 amide bonds. The maximum atomic E-state index is 13.2. The fourth-order valence-corrected chi connectivity index (χ4v) is 0.997. The normalized spacial score (nSPS) is 10.9. The van der Waals surface area contributed by atoms with Gasteiger partial charge in [0.1, 0.15) is 0 Å². The van der Waals surface area contributed by atoms with E-state index in [1.165, 1.54) is 38.1 Å². The highest BCUT2D eigenvalue weighted by Crippen LogP contribution is 2.16. The summed E-state index contributed by atoms with van der Waals surface area (Å²) in [5, 5.41) is 0. The van der Waals surface area contributed by atoms with E-state index < -0.39 is 11.6 Å². The van der Waals surface area contributed by atoms with Crippen LogP contribution in [0.25, 0.3) is 6.08 Å². The summed E-state index contributed by atoms with van der Waals surface area (Å²) in [6, 6.07) is 2.91. The van der Waals surface area contributed by atoms with Crippen molar-refractivity contribution in [1.29, 1.82) is 0 Å². The Balaban J connectivity index is 3.12. The first-order valence-electron chi connectivity index (χ1n) is 4.15. The molecule has 1 aromatic rings. The Bertz CT molecular complexity index is 395. The summed E-state index contributed by atoms with van der Waals surface area (Å²) in [6.45, 7) is 2.83. The largest absolute Gasteiger partial charge is 0.295 e. The van der Waals surface area contributed by atoms with Gasteiger partial charge in [-0.25, -0.2) is 8.78 Å². The van der Waals surface area contributed by atoms with Gasteiger partial charge in [0.15, 0.2) is 17.4 Å². The number of rotatable bonds is 2. The summed E-state index contributed by atoms with van der Waals surface area (Å²) in [4.78, 5) is 10.6. The molecule has 0 fully saturated rings. The second kappa shape index (κ2) is 4.13. The van der Waals surface area contributed by atoms with E-state index in [2.05, 4.69) is 0 Å². The first-order valence-corrected chi connectivity index (χ1v) is 4.15. The van der Waals surface area contributed by atoms with Gasteiger partial charge in [-0.3, -0.25) is 4.79 Å². The van der Waals surface area contributed by atoms with Crippen LogP contribution in [0.3, 0.4) is 0 Å². The second-order valence-corrected chi connectivity index (χ2v) is 3.04. The third-order valence-electron chi connectivity index (χ3n) is 1.80. The SMILES string of the molecule is CC(=O)/C=C/c1ccc(C)c(F)c1F. The summed E-state index contributed by atoms with van der Waals surface area (Å²) in [6.07, 6.45) is 2.47. The Kier molecular flexibility index (Phi) is 3.12. The third kappa shape index (κ3) is 2.25. The fraction of sp³-hybridized carbons (Fsp3) is 0.182. The van der Waals surface area contributed by atoms with E-state index in [0.717, 1.165) is 0 Å². The number of allylic oxidation sites excluding steroid dienone is 1. The van der Waals surface area contributed by atoms with Gasteiger partial charge in [-0.15, -0.1) is 0 Å². The van der Waals surface area contributed by atoms with Gasteiger partial charge in [0.2, 0.25) is 0 Å². The standard InChI is InChI=1S/C11H10F2O/c1-7-3-5-9(6-4-8(2)14)11(13)10(7)12/h3-6H,1-2H3/b6-4+. The second-order valence-electron chi connectivity index (χ2n) is 3.04. The lowest BCUT2D eigenvalue weighted by molar-refractivity contribution is -0.112. The van der Waals surface area contributed by atoms with Gasteiger partial charge in [-0.1, -0.05) is 12.1 Å². The van der Waals surface area contributed by atoms with E-state index in [-0.39, 0.29) is 16.9 Å². The predicted octanol–water partition coefficient (Wildman–Crippen LogP) is 2.88. The summed E-state index contributed by atoms with van der Waals surface area (Å²) >= 11 is 0. The molecular weight excluding hydrogens is 186 g/mol. The Labute approximate surface area is 81.1 Å². The quantitative estimate of drug-likeness (QED) is 0.665. The molecule has 0 heterocycles. The molecule has 0 bridgehead atoms. The molecular formula is C11H10F2O. The van der Waals surface area contributed by atoms with Crippen molar-refractivity contribution in [3.05, 3.63) is 41.0 Å². The van der Waals surface area contributed by atoms with Crippen LogP contribution in [0, 0.1) is 18.6 Å². The molecule has 14 heavy (non-hydrogen) atoms. The van der Waals surface area contributed by atoms with Crippen molar-refractivity contribution in [2.45, 2.75) is 13.8 Å². The van der Waals surface area contributed by atoms with Crippen LogP contribution in [0.5, 0.6) is 0 Å². The van der Waals surface area contributed by atoms with E-state index in [4.69, 9.17) is 0 Å². The number of carbonyl (C=O) groups excluding carboxylic acids is 1. The number of hydrogen-bond acceptors (Lipinski definition) is 1. The van der Waals surface area contributed by atoms with E-state index in [1.807, 2.05) is 0 Å². The molecule has 3 heteroatoms. The highest BCUT2D eigenvalue weighted by atomic mass is 19.2. The summed E-state index contributed by atoms with van der Waals surface area (Å²) in [5.74, 6) is -1.98. The van der Waals surface area contributed by atoms with Gasteiger partial charge in [0.25, 0.3) is 0 Å². The maximum absolute atomic E-state index is 13.2. The van der Waals surface area contributed by atoms with Crippen molar-refractivity contribution >= 4 is 11.9 Å².